The molecule has 1 aromatic rings. The minimum Gasteiger partial charge on any atom is -0.481 e. The van der Waals surface area contributed by atoms with Gasteiger partial charge in [-0.3, -0.25) is 14.4 Å². The molecule has 6 nitrogen and oxygen atoms in total. The summed E-state index contributed by atoms with van der Waals surface area (Å²) >= 11 is 0. The third kappa shape index (κ3) is 3.69. The number of hydrogen-bond acceptors (Lipinski definition) is 3. The lowest BCUT2D eigenvalue weighted by Crippen LogP contribution is -2.49. The highest BCUT2D eigenvalue weighted by molar-refractivity contribution is 5.99. The number of carboxylic acids is 1. The third-order valence-corrected chi connectivity index (χ3v) is 3.56. The van der Waals surface area contributed by atoms with E-state index in [-0.39, 0.29) is 17.9 Å². The van der Waals surface area contributed by atoms with Crippen LogP contribution in [-0.2, 0) is 4.79 Å². The molecule has 0 bridgehead atoms. The lowest BCUT2D eigenvalue weighted by atomic mass is 9.89. The predicted octanol–water partition coefficient (Wildman–Crippen LogP) is 1.98. The molecule has 0 spiro atoms. The number of carboxylic acid groups (broad SMARTS) is 1. The van der Waals surface area contributed by atoms with Crippen LogP contribution < -0.4 is 5.32 Å². The summed E-state index contributed by atoms with van der Waals surface area (Å²) in [5, 5.41) is 11.7. The fraction of sp³-hybridized carbons (Fsp3) is 0.500. The SMILES string of the molecule is CCC(CC)(CC(=O)O)NC(=O)c1cc(C(C)=O)c[nH]1. The van der Waals surface area contributed by atoms with Crippen molar-refractivity contribution in [2.75, 3.05) is 0 Å². The number of nitrogens with one attached hydrogen (secondary N) is 2. The molecule has 20 heavy (non-hydrogen) atoms. The Balaban J connectivity index is 2.89. The van der Waals surface area contributed by atoms with E-state index in [9.17, 15) is 14.4 Å². The molecule has 0 aliphatic rings. The van der Waals surface area contributed by atoms with Gasteiger partial charge < -0.3 is 15.4 Å². The second kappa shape index (κ2) is 6.36. The lowest BCUT2D eigenvalue weighted by Gasteiger charge is -2.31. The number of aromatic amines is 1. The number of hydrogen-bond donors (Lipinski definition) is 3. The Morgan fingerprint density at radius 3 is 2.30 bits per heavy atom. The molecule has 0 saturated carbocycles. The maximum atomic E-state index is 12.1. The molecule has 0 unspecified atom stereocenters. The highest BCUT2D eigenvalue weighted by Crippen LogP contribution is 2.20. The summed E-state index contributed by atoms with van der Waals surface area (Å²) < 4.78 is 0. The van der Waals surface area contributed by atoms with Gasteiger partial charge in [0.1, 0.15) is 5.69 Å². The van der Waals surface area contributed by atoms with E-state index < -0.39 is 17.4 Å². The second-order valence-corrected chi connectivity index (χ2v) is 4.87. The number of Topliss-reactive ketones (excluding diaryl/α,β-unsaturated/α-hetero) is 1. The number of amides is 1. The predicted molar refractivity (Wildman–Crippen MR) is 73.8 cm³/mol. The number of ketones is 1. The van der Waals surface area contributed by atoms with Gasteiger partial charge in [0.15, 0.2) is 5.78 Å². The number of carbonyl (C=O) groups is 3. The summed E-state index contributed by atoms with van der Waals surface area (Å²) in [5.41, 5.74) is -0.0939. The van der Waals surface area contributed by atoms with Gasteiger partial charge in [-0.2, -0.15) is 0 Å². The number of aliphatic carboxylic acids is 1. The van der Waals surface area contributed by atoms with E-state index in [2.05, 4.69) is 10.3 Å². The molecule has 0 aliphatic heterocycles. The zero-order chi connectivity index (χ0) is 15.3. The van der Waals surface area contributed by atoms with Crippen molar-refractivity contribution in [3.8, 4) is 0 Å². The van der Waals surface area contributed by atoms with E-state index >= 15 is 0 Å². The summed E-state index contributed by atoms with van der Waals surface area (Å²) in [6, 6.07) is 1.47. The van der Waals surface area contributed by atoms with Crippen LogP contribution in [0.15, 0.2) is 12.3 Å². The highest BCUT2D eigenvalue weighted by atomic mass is 16.4. The van der Waals surface area contributed by atoms with Gasteiger partial charge in [-0.25, -0.2) is 0 Å². The van der Waals surface area contributed by atoms with Crippen molar-refractivity contribution in [1.29, 1.82) is 0 Å². The van der Waals surface area contributed by atoms with Crippen molar-refractivity contribution in [2.24, 2.45) is 0 Å². The second-order valence-electron chi connectivity index (χ2n) is 4.87. The summed E-state index contributed by atoms with van der Waals surface area (Å²) in [7, 11) is 0. The lowest BCUT2D eigenvalue weighted by molar-refractivity contribution is -0.138. The number of rotatable bonds is 7. The van der Waals surface area contributed by atoms with Crippen LogP contribution in [0.5, 0.6) is 0 Å². The zero-order valence-corrected chi connectivity index (χ0v) is 11.9. The standard InChI is InChI=1S/C14H20N2O4/c1-4-14(5-2,7-12(18)19)16-13(20)11-6-10(8-15-11)9(3)17/h6,8,15H,4-5,7H2,1-3H3,(H,16,20)(H,18,19). The Morgan fingerprint density at radius 1 is 1.30 bits per heavy atom. The highest BCUT2D eigenvalue weighted by Gasteiger charge is 2.31. The molecule has 0 aliphatic carbocycles. The van der Waals surface area contributed by atoms with Gasteiger partial charge in [0.25, 0.3) is 5.91 Å². The van der Waals surface area contributed by atoms with Crippen LogP contribution in [0.1, 0.15) is 60.9 Å². The molecule has 1 heterocycles. The maximum Gasteiger partial charge on any atom is 0.305 e. The molecule has 0 aromatic carbocycles. The van der Waals surface area contributed by atoms with Crippen LogP contribution >= 0.6 is 0 Å². The van der Waals surface area contributed by atoms with E-state index in [4.69, 9.17) is 5.11 Å². The molecular formula is C14H20N2O4. The van der Waals surface area contributed by atoms with Gasteiger partial charge in [-0.05, 0) is 25.8 Å². The van der Waals surface area contributed by atoms with E-state index in [1.807, 2.05) is 13.8 Å². The molecule has 1 amide bonds. The minimum atomic E-state index is -0.954. The molecule has 3 N–H and O–H groups in total. The average Bonchev–Trinajstić information content (AvgIpc) is 2.87. The van der Waals surface area contributed by atoms with Gasteiger partial charge in [-0.15, -0.1) is 0 Å². The Kier molecular flexibility index (Phi) is 5.07. The first-order valence-electron chi connectivity index (χ1n) is 6.57. The van der Waals surface area contributed by atoms with Crippen molar-refractivity contribution in [2.45, 2.75) is 45.6 Å². The first kappa shape index (κ1) is 15.9. The first-order chi connectivity index (χ1) is 9.33. The van der Waals surface area contributed by atoms with Crippen molar-refractivity contribution < 1.29 is 19.5 Å². The summed E-state index contributed by atoms with van der Waals surface area (Å²) in [4.78, 5) is 37.0. The summed E-state index contributed by atoms with van der Waals surface area (Å²) in [6.07, 6.45) is 2.36. The first-order valence-corrected chi connectivity index (χ1v) is 6.57. The van der Waals surface area contributed by atoms with Crippen LogP contribution in [0, 0.1) is 0 Å². The van der Waals surface area contributed by atoms with Crippen LogP contribution in [0.25, 0.3) is 0 Å². The Hall–Kier alpha value is -2.11. The molecule has 0 saturated heterocycles. The van der Waals surface area contributed by atoms with Crippen molar-refractivity contribution in [3.05, 3.63) is 23.5 Å². The topological polar surface area (TPSA) is 99.3 Å². The monoisotopic (exact) mass is 280 g/mol. The Morgan fingerprint density at radius 2 is 1.90 bits per heavy atom. The van der Waals surface area contributed by atoms with E-state index in [1.165, 1.54) is 19.2 Å². The normalized spacial score (nSPS) is 11.2. The van der Waals surface area contributed by atoms with Gasteiger partial charge in [-0.1, -0.05) is 13.8 Å². The number of H-pyrrole nitrogens is 1. The van der Waals surface area contributed by atoms with E-state index in [0.717, 1.165) is 0 Å². The molecule has 0 fully saturated rings. The van der Waals surface area contributed by atoms with Gasteiger partial charge >= 0.3 is 5.97 Å². The Labute approximate surface area is 117 Å². The summed E-state index contributed by atoms with van der Waals surface area (Å²) in [6.45, 7) is 5.09. The summed E-state index contributed by atoms with van der Waals surface area (Å²) in [5.74, 6) is -1.49. The van der Waals surface area contributed by atoms with Gasteiger partial charge in [0, 0.05) is 11.8 Å². The molecule has 0 atom stereocenters. The fourth-order valence-electron chi connectivity index (χ4n) is 2.05. The third-order valence-electron chi connectivity index (χ3n) is 3.56. The van der Waals surface area contributed by atoms with E-state index in [0.29, 0.717) is 18.4 Å². The van der Waals surface area contributed by atoms with Crippen LogP contribution in [0.2, 0.25) is 0 Å². The van der Waals surface area contributed by atoms with Crippen LogP contribution in [0.3, 0.4) is 0 Å². The molecule has 6 heteroatoms. The number of aromatic nitrogens is 1. The van der Waals surface area contributed by atoms with E-state index in [1.54, 1.807) is 0 Å². The molecule has 1 aromatic heterocycles. The smallest absolute Gasteiger partial charge is 0.305 e. The zero-order valence-electron chi connectivity index (χ0n) is 11.9. The molecular weight excluding hydrogens is 260 g/mol. The fourth-order valence-corrected chi connectivity index (χ4v) is 2.05. The molecule has 1 rings (SSSR count). The van der Waals surface area contributed by atoms with Crippen molar-refractivity contribution in [1.82, 2.24) is 10.3 Å². The number of carbonyl (C=O) groups excluding carboxylic acids is 2. The van der Waals surface area contributed by atoms with Crippen LogP contribution in [-0.4, -0.2) is 33.3 Å². The largest absolute Gasteiger partial charge is 0.481 e. The Bertz CT molecular complexity index is 515. The minimum absolute atomic E-state index is 0.133. The average molecular weight is 280 g/mol. The van der Waals surface area contributed by atoms with Crippen molar-refractivity contribution >= 4 is 17.7 Å². The quantitative estimate of drug-likeness (QED) is 0.665. The van der Waals surface area contributed by atoms with Crippen LogP contribution in [0.4, 0.5) is 0 Å². The van der Waals surface area contributed by atoms with Gasteiger partial charge in [0.2, 0.25) is 0 Å². The molecule has 0 radical (unpaired) electrons. The van der Waals surface area contributed by atoms with Gasteiger partial charge in [0.05, 0.1) is 12.0 Å². The maximum absolute atomic E-state index is 12.1. The molecule has 110 valence electrons. The van der Waals surface area contributed by atoms with Crippen molar-refractivity contribution in [3.63, 3.8) is 0 Å².